The molecule has 1 atom stereocenters. The van der Waals surface area contributed by atoms with Gasteiger partial charge in [0.05, 0.1) is 17.3 Å². The van der Waals surface area contributed by atoms with E-state index in [1.54, 1.807) is 23.5 Å². The molecule has 1 unspecified atom stereocenters. The predicted molar refractivity (Wildman–Crippen MR) is 80.0 cm³/mol. The third-order valence-corrected chi connectivity index (χ3v) is 4.31. The molecule has 0 radical (unpaired) electrons. The molecule has 0 aliphatic heterocycles. The summed E-state index contributed by atoms with van der Waals surface area (Å²) in [5.74, 6) is -0.744. The zero-order chi connectivity index (χ0) is 14.7. The Morgan fingerprint density at radius 2 is 2.15 bits per heavy atom. The maximum Gasteiger partial charge on any atom is 0.175 e. The second-order valence-electron chi connectivity index (χ2n) is 4.42. The van der Waals surface area contributed by atoms with E-state index < -0.39 is 5.82 Å². The number of nitrogens with two attached hydrogens (primary N) is 1. The number of hydrogen-bond donors (Lipinski definition) is 2. The lowest BCUT2D eigenvalue weighted by atomic mass is 10.1. The smallest absolute Gasteiger partial charge is 0.175 e. The molecule has 1 aromatic carbocycles. The van der Waals surface area contributed by atoms with Crippen molar-refractivity contribution in [1.29, 1.82) is 0 Å². The average molecular weight is 293 g/mol. The predicted octanol–water partition coefficient (Wildman–Crippen LogP) is 3.18. The van der Waals surface area contributed by atoms with Crippen molar-refractivity contribution in [1.82, 2.24) is 0 Å². The minimum absolute atomic E-state index is 0.0574. The molecule has 0 amide bonds. The van der Waals surface area contributed by atoms with Gasteiger partial charge >= 0.3 is 0 Å². The fraction of sp³-hybridized carbons (Fsp3) is 0.214. The minimum atomic E-state index is -0.511. The van der Waals surface area contributed by atoms with E-state index in [0.717, 1.165) is 4.88 Å². The van der Waals surface area contributed by atoms with Crippen LogP contribution in [0.5, 0.6) is 0 Å². The maximum atomic E-state index is 14.0. The molecule has 20 heavy (non-hydrogen) atoms. The van der Waals surface area contributed by atoms with E-state index in [0.29, 0.717) is 5.69 Å². The highest BCUT2D eigenvalue weighted by Gasteiger charge is 2.20. The molecule has 0 aliphatic rings. The van der Waals surface area contributed by atoms with Crippen LogP contribution in [0, 0.1) is 5.82 Å². The molecule has 0 spiro atoms. The standard InChI is InChI=1S/C14H16FN3OS/c1-9(12-7-4-8-20-12)18(2)11-6-3-5-10(15)13(11)14(16)17-19/h3-9,19H,1-2H3,(H2,16,17). The van der Waals surface area contributed by atoms with Gasteiger partial charge in [0, 0.05) is 11.9 Å². The van der Waals surface area contributed by atoms with E-state index in [9.17, 15) is 4.39 Å². The second kappa shape index (κ2) is 5.92. The van der Waals surface area contributed by atoms with Crippen LogP contribution in [-0.2, 0) is 0 Å². The number of oxime groups is 1. The quantitative estimate of drug-likeness (QED) is 0.394. The molecule has 0 saturated carbocycles. The van der Waals surface area contributed by atoms with Crippen molar-refractivity contribution in [2.24, 2.45) is 10.9 Å². The van der Waals surface area contributed by atoms with E-state index in [-0.39, 0.29) is 17.4 Å². The zero-order valence-corrected chi connectivity index (χ0v) is 12.1. The molecule has 0 aliphatic carbocycles. The molecule has 1 heterocycles. The summed E-state index contributed by atoms with van der Waals surface area (Å²) in [4.78, 5) is 3.06. The first-order chi connectivity index (χ1) is 9.56. The van der Waals surface area contributed by atoms with Crippen molar-refractivity contribution < 1.29 is 9.60 Å². The first kappa shape index (κ1) is 14.3. The molecular formula is C14H16FN3OS. The lowest BCUT2D eigenvalue weighted by Gasteiger charge is -2.28. The van der Waals surface area contributed by atoms with Gasteiger partial charge in [0.15, 0.2) is 5.84 Å². The number of amidine groups is 1. The average Bonchev–Trinajstić information content (AvgIpc) is 2.98. The lowest BCUT2D eigenvalue weighted by molar-refractivity contribution is 0.318. The third-order valence-electron chi connectivity index (χ3n) is 3.27. The third kappa shape index (κ3) is 2.60. The molecule has 0 saturated heterocycles. The Balaban J connectivity index is 2.45. The van der Waals surface area contributed by atoms with Crippen LogP contribution in [-0.4, -0.2) is 18.1 Å². The normalized spacial score (nSPS) is 13.2. The van der Waals surface area contributed by atoms with Crippen molar-refractivity contribution in [2.45, 2.75) is 13.0 Å². The summed E-state index contributed by atoms with van der Waals surface area (Å²) < 4.78 is 14.0. The summed E-state index contributed by atoms with van der Waals surface area (Å²) in [7, 11) is 1.85. The number of nitrogens with zero attached hydrogens (tertiary/aromatic N) is 2. The van der Waals surface area contributed by atoms with Gasteiger partial charge < -0.3 is 15.8 Å². The molecule has 2 aromatic rings. The van der Waals surface area contributed by atoms with Gasteiger partial charge in [-0.25, -0.2) is 4.39 Å². The van der Waals surface area contributed by atoms with E-state index >= 15 is 0 Å². The van der Waals surface area contributed by atoms with Gasteiger partial charge in [-0.3, -0.25) is 0 Å². The number of thiophene rings is 1. The van der Waals surface area contributed by atoms with Crippen molar-refractivity contribution in [3.8, 4) is 0 Å². The zero-order valence-electron chi connectivity index (χ0n) is 11.2. The van der Waals surface area contributed by atoms with Crippen LogP contribution >= 0.6 is 11.3 Å². The van der Waals surface area contributed by atoms with Crippen LogP contribution in [0.25, 0.3) is 0 Å². The fourth-order valence-electron chi connectivity index (χ4n) is 2.04. The summed E-state index contributed by atoms with van der Waals surface area (Å²) in [5.41, 5.74) is 6.28. The molecule has 0 bridgehead atoms. The van der Waals surface area contributed by atoms with Gasteiger partial charge in [0.1, 0.15) is 5.82 Å². The SMILES string of the molecule is CC(c1cccs1)N(C)c1cccc(F)c1C(N)=NO. The fourth-order valence-corrected chi connectivity index (χ4v) is 2.87. The highest BCUT2D eigenvalue weighted by atomic mass is 32.1. The Hall–Kier alpha value is -2.08. The topological polar surface area (TPSA) is 61.8 Å². The molecule has 3 N–H and O–H groups in total. The summed E-state index contributed by atoms with van der Waals surface area (Å²) in [6, 6.07) is 8.70. The van der Waals surface area contributed by atoms with Gasteiger partial charge in [-0.2, -0.15) is 0 Å². The number of halogens is 1. The van der Waals surface area contributed by atoms with Crippen LogP contribution in [0.4, 0.5) is 10.1 Å². The van der Waals surface area contributed by atoms with E-state index in [1.165, 1.54) is 6.07 Å². The first-order valence-electron chi connectivity index (χ1n) is 6.09. The highest BCUT2D eigenvalue weighted by Crippen LogP contribution is 2.31. The van der Waals surface area contributed by atoms with Gasteiger partial charge in [0.25, 0.3) is 0 Å². The van der Waals surface area contributed by atoms with Crippen LogP contribution in [0.2, 0.25) is 0 Å². The van der Waals surface area contributed by atoms with E-state index in [1.807, 2.05) is 36.4 Å². The Morgan fingerprint density at radius 1 is 1.40 bits per heavy atom. The van der Waals surface area contributed by atoms with Crippen LogP contribution < -0.4 is 10.6 Å². The number of benzene rings is 1. The van der Waals surface area contributed by atoms with Gasteiger partial charge in [0.2, 0.25) is 0 Å². The number of anilines is 1. The lowest BCUT2D eigenvalue weighted by Crippen LogP contribution is -2.26. The molecule has 2 rings (SSSR count). The summed E-state index contributed by atoms with van der Waals surface area (Å²) in [5, 5.41) is 13.7. The largest absolute Gasteiger partial charge is 0.409 e. The van der Waals surface area contributed by atoms with Gasteiger partial charge in [-0.1, -0.05) is 17.3 Å². The molecule has 6 heteroatoms. The summed E-state index contributed by atoms with van der Waals surface area (Å²) >= 11 is 1.63. The molecular weight excluding hydrogens is 277 g/mol. The van der Waals surface area contributed by atoms with Crippen molar-refractivity contribution in [2.75, 3.05) is 11.9 Å². The Kier molecular flexibility index (Phi) is 4.24. The van der Waals surface area contributed by atoms with E-state index in [2.05, 4.69) is 5.16 Å². The molecule has 1 aromatic heterocycles. The van der Waals surface area contributed by atoms with Gasteiger partial charge in [-0.05, 0) is 30.5 Å². The Bertz CT molecular complexity index is 613. The Morgan fingerprint density at radius 3 is 2.75 bits per heavy atom. The first-order valence-corrected chi connectivity index (χ1v) is 6.97. The molecule has 106 valence electrons. The monoisotopic (exact) mass is 293 g/mol. The summed E-state index contributed by atoms with van der Waals surface area (Å²) in [6.45, 7) is 2.02. The van der Waals surface area contributed by atoms with Gasteiger partial charge in [-0.15, -0.1) is 11.3 Å². The molecule has 0 fully saturated rings. The molecule has 4 nitrogen and oxygen atoms in total. The second-order valence-corrected chi connectivity index (χ2v) is 5.40. The maximum absolute atomic E-state index is 14.0. The van der Waals surface area contributed by atoms with Crippen molar-refractivity contribution in [3.05, 3.63) is 52.0 Å². The van der Waals surface area contributed by atoms with Crippen LogP contribution in [0.1, 0.15) is 23.4 Å². The van der Waals surface area contributed by atoms with Crippen LogP contribution in [0.3, 0.4) is 0 Å². The minimum Gasteiger partial charge on any atom is -0.409 e. The van der Waals surface area contributed by atoms with Crippen LogP contribution in [0.15, 0.2) is 40.9 Å². The van der Waals surface area contributed by atoms with Crippen molar-refractivity contribution >= 4 is 22.9 Å². The number of rotatable bonds is 4. The number of hydrogen-bond acceptors (Lipinski definition) is 4. The van der Waals surface area contributed by atoms with E-state index in [4.69, 9.17) is 10.9 Å². The Labute approximate surface area is 120 Å². The summed E-state index contributed by atoms with van der Waals surface area (Å²) in [6.07, 6.45) is 0. The van der Waals surface area contributed by atoms with Crippen molar-refractivity contribution in [3.63, 3.8) is 0 Å². The highest BCUT2D eigenvalue weighted by molar-refractivity contribution is 7.10.